The summed E-state index contributed by atoms with van der Waals surface area (Å²) in [6.45, 7) is 2.46. The van der Waals surface area contributed by atoms with E-state index in [-0.39, 0.29) is 0 Å². The molecule has 2 aromatic rings. The first-order chi connectivity index (χ1) is 9.52. The van der Waals surface area contributed by atoms with Crippen LogP contribution in [0.5, 0.6) is 5.75 Å². The molecule has 1 heterocycles. The highest BCUT2D eigenvalue weighted by molar-refractivity contribution is 6.42. The Morgan fingerprint density at radius 1 is 1.20 bits per heavy atom. The quantitative estimate of drug-likeness (QED) is 0.858. The lowest BCUT2D eigenvalue weighted by molar-refractivity contribution is 0.339. The topological polar surface area (TPSA) is 38.2 Å². The van der Waals surface area contributed by atoms with Gasteiger partial charge >= 0.3 is 0 Å². The molecular formula is C14H15Cl2N3O. The normalized spacial score (nSPS) is 10.4. The third kappa shape index (κ3) is 3.14. The van der Waals surface area contributed by atoms with Gasteiger partial charge in [-0.05, 0) is 19.1 Å². The molecule has 2 rings (SSSR count). The van der Waals surface area contributed by atoms with E-state index < -0.39 is 0 Å². The smallest absolute Gasteiger partial charge is 0.225 e. The van der Waals surface area contributed by atoms with Crippen molar-refractivity contribution in [2.24, 2.45) is 0 Å². The van der Waals surface area contributed by atoms with E-state index in [4.69, 9.17) is 27.9 Å². The van der Waals surface area contributed by atoms with E-state index in [1.807, 2.05) is 32.0 Å². The van der Waals surface area contributed by atoms with E-state index in [9.17, 15) is 0 Å². The summed E-state index contributed by atoms with van der Waals surface area (Å²) >= 11 is 12.0. The van der Waals surface area contributed by atoms with Gasteiger partial charge in [0.15, 0.2) is 5.75 Å². The molecule has 0 bridgehead atoms. The molecule has 1 aromatic heterocycles. The third-order valence-electron chi connectivity index (χ3n) is 2.64. The molecule has 0 aliphatic carbocycles. The van der Waals surface area contributed by atoms with Gasteiger partial charge < -0.3 is 9.64 Å². The monoisotopic (exact) mass is 311 g/mol. The number of anilines is 1. The van der Waals surface area contributed by atoms with Crippen molar-refractivity contribution in [1.82, 2.24) is 9.97 Å². The molecule has 0 N–H and O–H groups in total. The zero-order valence-corrected chi connectivity index (χ0v) is 13.0. The highest BCUT2D eigenvalue weighted by Gasteiger charge is 2.13. The van der Waals surface area contributed by atoms with E-state index in [0.717, 1.165) is 5.56 Å². The van der Waals surface area contributed by atoms with Crippen LogP contribution >= 0.6 is 23.2 Å². The second kappa shape index (κ2) is 6.29. The summed E-state index contributed by atoms with van der Waals surface area (Å²) in [5.74, 6) is 1.23. The molecule has 0 atom stereocenters. The Morgan fingerprint density at radius 3 is 2.55 bits per heavy atom. The molecule has 20 heavy (non-hydrogen) atoms. The van der Waals surface area contributed by atoms with Gasteiger partial charge in [-0.3, -0.25) is 0 Å². The van der Waals surface area contributed by atoms with Gasteiger partial charge in [0, 0.05) is 19.7 Å². The fourth-order valence-electron chi connectivity index (χ4n) is 1.69. The minimum absolute atomic E-state index is 0.483. The average Bonchev–Trinajstić information content (AvgIpc) is 2.42. The lowest BCUT2D eigenvalue weighted by atomic mass is 10.1. The van der Waals surface area contributed by atoms with Crippen molar-refractivity contribution < 1.29 is 4.74 Å². The molecule has 0 amide bonds. The van der Waals surface area contributed by atoms with Crippen molar-refractivity contribution in [2.75, 3.05) is 25.6 Å². The maximum Gasteiger partial charge on any atom is 0.225 e. The maximum atomic E-state index is 6.07. The van der Waals surface area contributed by atoms with Crippen LogP contribution in [0.1, 0.15) is 6.92 Å². The summed E-state index contributed by atoms with van der Waals surface area (Å²) in [4.78, 5) is 10.6. The number of aromatic nitrogens is 2. The van der Waals surface area contributed by atoms with E-state index in [2.05, 4.69) is 9.97 Å². The number of rotatable bonds is 4. The van der Waals surface area contributed by atoms with Gasteiger partial charge in [0.1, 0.15) is 5.69 Å². The number of hydrogen-bond donors (Lipinski definition) is 0. The van der Waals surface area contributed by atoms with Crippen molar-refractivity contribution in [1.29, 1.82) is 0 Å². The molecular weight excluding hydrogens is 297 g/mol. The second-order valence-corrected chi connectivity index (χ2v) is 5.15. The van der Waals surface area contributed by atoms with Gasteiger partial charge in [-0.15, -0.1) is 0 Å². The van der Waals surface area contributed by atoms with Gasteiger partial charge in [0.25, 0.3) is 0 Å². The Kier molecular flexibility index (Phi) is 4.68. The minimum atomic E-state index is 0.483. The minimum Gasteiger partial charge on any atom is -0.490 e. The van der Waals surface area contributed by atoms with Gasteiger partial charge in [-0.1, -0.05) is 29.3 Å². The predicted octanol–water partition coefficient (Wildman–Crippen LogP) is 3.92. The molecule has 6 heteroatoms. The predicted molar refractivity (Wildman–Crippen MR) is 83.0 cm³/mol. The zero-order valence-electron chi connectivity index (χ0n) is 11.5. The summed E-state index contributed by atoms with van der Waals surface area (Å²) in [6.07, 6.45) is 1.67. The molecule has 0 aliphatic rings. The van der Waals surface area contributed by atoms with Crippen molar-refractivity contribution >= 4 is 29.2 Å². The van der Waals surface area contributed by atoms with Crippen molar-refractivity contribution in [2.45, 2.75) is 6.92 Å². The number of nitrogens with zero attached hydrogens (tertiary/aromatic N) is 3. The number of ether oxygens (including phenoxy) is 1. The molecule has 0 saturated heterocycles. The van der Waals surface area contributed by atoms with E-state index in [1.54, 1.807) is 18.3 Å². The molecule has 0 saturated carbocycles. The first-order valence-corrected chi connectivity index (χ1v) is 6.91. The van der Waals surface area contributed by atoms with E-state index in [1.165, 1.54) is 0 Å². The number of hydrogen-bond acceptors (Lipinski definition) is 4. The average molecular weight is 312 g/mol. The van der Waals surface area contributed by atoms with E-state index >= 15 is 0 Å². The van der Waals surface area contributed by atoms with Gasteiger partial charge in [0.05, 0.1) is 22.8 Å². The zero-order chi connectivity index (χ0) is 14.7. The van der Waals surface area contributed by atoms with E-state index in [0.29, 0.717) is 34.0 Å². The van der Waals surface area contributed by atoms with Gasteiger partial charge in [-0.2, -0.15) is 0 Å². The number of benzene rings is 1. The van der Waals surface area contributed by atoms with Crippen molar-refractivity contribution in [3.05, 3.63) is 34.4 Å². The van der Waals surface area contributed by atoms with Crippen LogP contribution in [-0.4, -0.2) is 30.7 Å². The van der Waals surface area contributed by atoms with Crippen molar-refractivity contribution in [3.63, 3.8) is 0 Å². The van der Waals surface area contributed by atoms with Crippen LogP contribution < -0.4 is 9.64 Å². The summed E-state index contributed by atoms with van der Waals surface area (Å²) in [7, 11) is 3.77. The fraction of sp³-hybridized carbons (Fsp3) is 0.286. The Hall–Kier alpha value is -1.52. The first-order valence-electron chi connectivity index (χ1n) is 6.15. The summed E-state index contributed by atoms with van der Waals surface area (Å²) in [6, 6.07) is 5.37. The first kappa shape index (κ1) is 14.9. The number of halogens is 2. The van der Waals surface area contributed by atoms with Crippen molar-refractivity contribution in [3.8, 4) is 17.0 Å². The molecule has 4 nitrogen and oxygen atoms in total. The molecule has 0 radical (unpaired) electrons. The molecule has 1 aromatic carbocycles. The maximum absolute atomic E-state index is 6.07. The fourth-order valence-corrected chi connectivity index (χ4v) is 1.99. The molecule has 0 fully saturated rings. The lowest BCUT2D eigenvalue weighted by Crippen LogP contribution is -2.13. The molecule has 0 aliphatic heterocycles. The van der Waals surface area contributed by atoms with Crippen LogP contribution in [0.2, 0.25) is 10.0 Å². The lowest BCUT2D eigenvalue weighted by Gasteiger charge is -2.14. The third-order valence-corrected chi connectivity index (χ3v) is 3.37. The molecule has 0 spiro atoms. The Balaban J connectivity index is 2.56. The summed E-state index contributed by atoms with van der Waals surface area (Å²) in [5, 5.41) is 0.992. The van der Waals surface area contributed by atoms with Crippen LogP contribution in [0.4, 0.5) is 5.95 Å². The van der Waals surface area contributed by atoms with Crippen LogP contribution in [0.25, 0.3) is 11.3 Å². The SMILES string of the molecule is CCOc1cnc(N(C)C)nc1-c1ccc(Cl)c(Cl)c1. The Morgan fingerprint density at radius 2 is 1.95 bits per heavy atom. The van der Waals surface area contributed by atoms with Crippen LogP contribution in [0.3, 0.4) is 0 Å². The Bertz CT molecular complexity index is 617. The largest absolute Gasteiger partial charge is 0.490 e. The highest BCUT2D eigenvalue weighted by Crippen LogP contribution is 2.33. The Labute approximate surface area is 128 Å². The summed E-state index contributed by atoms with van der Waals surface area (Å²) in [5.41, 5.74) is 1.54. The standard InChI is InChI=1S/C14H15Cl2N3O/c1-4-20-12-8-17-14(19(2)3)18-13(12)9-5-6-10(15)11(16)7-9/h5-8H,4H2,1-3H3. The molecule has 0 unspecified atom stereocenters. The van der Waals surface area contributed by atoms with Crippen LogP contribution in [-0.2, 0) is 0 Å². The van der Waals surface area contributed by atoms with Gasteiger partial charge in [-0.25, -0.2) is 9.97 Å². The van der Waals surface area contributed by atoms with Crippen LogP contribution in [0.15, 0.2) is 24.4 Å². The summed E-state index contributed by atoms with van der Waals surface area (Å²) < 4.78 is 5.58. The van der Waals surface area contributed by atoms with Crippen LogP contribution in [0, 0.1) is 0 Å². The van der Waals surface area contributed by atoms with Gasteiger partial charge in [0.2, 0.25) is 5.95 Å². The second-order valence-electron chi connectivity index (χ2n) is 4.34. The molecule has 106 valence electrons. The highest BCUT2D eigenvalue weighted by atomic mass is 35.5.